The third-order valence-electron chi connectivity index (χ3n) is 2.79. The highest BCUT2D eigenvalue weighted by Crippen LogP contribution is 2.20. The van der Waals surface area contributed by atoms with Crippen LogP contribution in [0.2, 0.25) is 5.02 Å². The third kappa shape index (κ3) is 5.54. The van der Waals surface area contributed by atoms with Crippen LogP contribution in [0.3, 0.4) is 0 Å². The molecule has 0 unspecified atom stereocenters. The lowest BCUT2D eigenvalue weighted by molar-refractivity contribution is -0.141. The number of amides is 1. The molecule has 0 fully saturated rings. The van der Waals surface area contributed by atoms with Gasteiger partial charge in [-0.25, -0.2) is 4.39 Å². The summed E-state index contributed by atoms with van der Waals surface area (Å²) in [6, 6.07) is 5.79. The largest absolute Gasteiger partial charge is 0.460 e. The summed E-state index contributed by atoms with van der Waals surface area (Å²) in [7, 11) is 0. The quantitative estimate of drug-likeness (QED) is 0.752. The summed E-state index contributed by atoms with van der Waals surface area (Å²) in [4.78, 5) is 23.3. The zero-order chi connectivity index (χ0) is 17.5. The summed E-state index contributed by atoms with van der Waals surface area (Å²) in [6.45, 7) is 1.45. The lowest BCUT2D eigenvalue weighted by Gasteiger charge is -2.07. The van der Waals surface area contributed by atoms with Gasteiger partial charge < -0.3 is 14.6 Å². The van der Waals surface area contributed by atoms with Crippen LogP contribution in [0.4, 0.5) is 10.2 Å². The van der Waals surface area contributed by atoms with E-state index in [0.717, 1.165) is 11.8 Å². The summed E-state index contributed by atoms with van der Waals surface area (Å²) in [5.41, 5.74) is 0.122. The number of hydrogen-bond donors (Lipinski definition) is 1. The number of ether oxygens (including phenoxy) is 1. The first-order valence-electron chi connectivity index (χ1n) is 6.85. The van der Waals surface area contributed by atoms with Crippen molar-refractivity contribution in [2.45, 2.75) is 13.5 Å². The molecule has 1 N–H and O–H groups in total. The van der Waals surface area contributed by atoms with Crippen LogP contribution in [-0.2, 0) is 20.9 Å². The number of carbonyl (C=O) groups is 2. The maximum absolute atomic E-state index is 13.5. The van der Waals surface area contributed by atoms with Gasteiger partial charge in [-0.15, -0.1) is 11.8 Å². The Morgan fingerprint density at radius 3 is 2.88 bits per heavy atom. The van der Waals surface area contributed by atoms with E-state index in [9.17, 15) is 14.0 Å². The molecule has 2 rings (SSSR count). The molecule has 0 spiro atoms. The van der Waals surface area contributed by atoms with Crippen LogP contribution in [0, 0.1) is 12.7 Å². The standard InChI is InChI=1S/C15H14ClFN2O4S/c1-9-5-13(19-23-9)18-14(20)7-24-8-15(21)22-6-10-11(16)3-2-4-12(10)17/h2-5H,6-8H2,1H3,(H,18,19,20). The summed E-state index contributed by atoms with van der Waals surface area (Å²) >= 11 is 6.90. The number of rotatable bonds is 7. The highest BCUT2D eigenvalue weighted by molar-refractivity contribution is 8.00. The number of aromatic nitrogens is 1. The van der Waals surface area contributed by atoms with Gasteiger partial charge >= 0.3 is 5.97 Å². The minimum Gasteiger partial charge on any atom is -0.460 e. The van der Waals surface area contributed by atoms with Crippen molar-refractivity contribution in [3.63, 3.8) is 0 Å². The van der Waals surface area contributed by atoms with E-state index in [2.05, 4.69) is 10.5 Å². The predicted octanol–water partition coefficient (Wildman–Crippen LogP) is 3.19. The Morgan fingerprint density at radius 2 is 2.21 bits per heavy atom. The van der Waals surface area contributed by atoms with Crippen LogP contribution < -0.4 is 5.32 Å². The molecule has 0 atom stereocenters. The first-order chi connectivity index (χ1) is 11.5. The Morgan fingerprint density at radius 1 is 1.42 bits per heavy atom. The molecule has 1 aromatic heterocycles. The van der Waals surface area contributed by atoms with Gasteiger partial charge in [0, 0.05) is 11.6 Å². The number of anilines is 1. The van der Waals surface area contributed by atoms with Crippen LogP contribution in [-0.4, -0.2) is 28.5 Å². The zero-order valence-corrected chi connectivity index (χ0v) is 14.2. The van der Waals surface area contributed by atoms with Gasteiger partial charge in [0.1, 0.15) is 18.2 Å². The number of esters is 1. The van der Waals surface area contributed by atoms with Gasteiger partial charge in [0.25, 0.3) is 0 Å². The molecule has 6 nitrogen and oxygen atoms in total. The zero-order valence-electron chi connectivity index (χ0n) is 12.7. The number of hydrogen-bond acceptors (Lipinski definition) is 6. The van der Waals surface area contributed by atoms with Crippen LogP contribution in [0.15, 0.2) is 28.8 Å². The average molecular weight is 373 g/mol. The minimum absolute atomic E-state index is 0.0431. The van der Waals surface area contributed by atoms with E-state index in [-0.39, 0.29) is 34.6 Å². The number of halogens is 2. The average Bonchev–Trinajstić information content (AvgIpc) is 2.91. The predicted molar refractivity (Wildman–Crippen MR) is 88.4 cm³/mol. The Kier molecular flexibility index (Phi) is 6.62. The maximum Gasteiger partial charge on any atom is 0.316 e. The van der Waals surface area contributed by atoms with E-state index < -0.39 is 11.8 Å². The number of benzene rings is 1. The minimum atomic E-state index is -0.565. The fraction of sp³-hybridized carbons (Fsp3) is 0.267. The molecule has 0 bridgehead atoms. The topological polar surface area (TPSA) is 81.4 Å². The van der Waals surface area contributed by atoms with Gasteiger partial charge in [0.2, 0.25) is 5.91 Å². The van der Waals surface area contributed by atoms with Crippen LogP contribution in [0.25, 0.3) is 0 Å². The summed E-state index contributed by atoms with van der Waals surface area (Å²) in [5.74, 6) is -0.533. The molecular weight excluding hydrogens is 359 g/mol. The lowest BCUT2D eigenvalue weighted by Crippen LogP contribution is -2.16. The molecule has 0 aliphatic heterocycles. The van der Waals surface area contributed by atoms with Gasteiger partial charge in [-0.05, 0) is 19.1 Å². The van der Waals surface area contributed by atoms with Crippen molar-refractivity contribution in [1.29, 1.82) is 0 Å². The Balaban J connectivity index is 1.69. The molecule has 0 radical (unpaired) electrons. The van der Waals surface area contributed by atoms with Gasteiger partial charge in [0.05, 0.1) is 16.5 Å². The normalized spacial score (nSPS) is 10.5. The van der Waals surface area contributed by atoms with E-state index in [1.165, 1.54) is 18.2 Å². The van der Waals surface area contributed by atoms with Gasteiger partial charge in [-0.2, -0.15) is 0 Å². The van der Waals surface area contributed by atoms with E-state index >= 15 is 0 Å². The van der Waals surface area contributed by atoms with Gasteiger partial charge in [-0.1, -0.05) is 22.8 Å². The van der Waals surface area contributed by atoms with Crippen molar-refractivity contribution >= 4 is 41.1 Å². The Hall–Kier alpha value is -2.06. The van der Waals surface area contributed by atoms with Crippen LogP contribution in [0.1, 0.15) is 11.3 Å². The van der Waals surface area contributed by atoms with Crippen molar-refractivity contribution in [1.82, 2.24) is 5.16 Å². The Bertz CT molecular complexity index is 718. The Labute approximate surface area is 146 Å². The SMILES string of the molecule is Cc1cc(NC(=O)CSCC(=O)OCc2c(F)cccc2Cl)no1. The van der Waals surface area contributed by atoms with Gasteiger partial charge in [0.15, 0.2) is 5.82 Å². The number of carbonyl (C=O) groups excluding carboxylic acids is 2. The second-order valence-electron chi connectivity index (χ2n) is 4.72. The lowest BCUT2D eigenvalue weighted by atomic mass is 10.2. The molecule has 1 amide bonds. The molecule has 1 aromatic carbocycles. The molecule has 128 valence electrons. The molecule has 9 heteroatoms. The first-order valence-corrected chi connectivity index (χ1v) is 8.38. The summed E-state index contributed by atoms with van der Waals surface area (Å²) < 4.78 is 23.3. The molecule has 0 aliphatic rings. The third-order valence-corrected chi connectivity index (χ3v) is 4.05. The molecular formula is C15H14ClFN2O4S. The van der Waals surface area contributed by atoms with E-state index in [1.807, 2.05) is 0 Å². The fourth-order valence-corrected chi connectivity index (χ4v) is 2.52. The van der Waals surface area contributed by atoms with E-state index in [0.29, 0.717) is 11.6 Å². The van der Waals surface area contributed by atoms with Crippen molar-refractivity contribution < 1.29 is 23.2 Å². The second-order valence-corrected chi connectivity index (χ2v) is 6.12. The molecule has 1 heterocycles. The molecule has 0 saturated heterocycles. The number of thioether (sulfide) groups is 1. The van der Waals surface area contributed by atoms with Gasteiger partial charge in [-0.3, -0.25) is 9.59 Å². The van der Waals surface area contributed by atoms with Crippen molar-refractivity contribution in [2.75, 3.05) is 16.8 Å². The number of aryl methyl sites for hydroxylation is 1. The van der Waals surface area contributed by atoms with Crippen molar-refractivity contribution in [3.05, 3.63) is 46.4 Å². The van der Waals surface area contributed by atoms with E-state index in [4.69, 9.17) is 20.9 Å². The monoisotopic (exact) mass is 372 g/mol. The second kappa shape index (κ2) is 8.70. The van der Waals surface area contributed by atoms with Crippen LogP contribution >= 0.6 is 23.4 Å². The molecule has 24 heavy (non-hydrogen) atoms. The molecule has 0 saturated carbocycles. The van der Waals surface area contributed by atoms with E-state index in [1.54, 1.807) is 13.0 Å². The molecule has 0 aliphatic carbocycles. The van der Waals surface area contributed by atoms with Crippen molar-refractivity contribution in [3.8, 4) is 0 Å². The smallest absolute Gasteiger partial charge is 0.316 e. The summed E-state index contributed by atoms with van der Waals surface area (Å²) in [5, 5.41) is 6.34. The van der Waals surface area contributed by atoms with Crippen LogP contribution in [0.5, 0.6) is 0 Å². The maximum atomic E-state index is 13.5. The highest BCUT2D eigenvalue weighted by Gasteiger charge is 2.12. The number of nitrogens with zero attached hydrogens (tertiary/aromatic N) is 1. The number of nitrogens with one attached hydrogen (secondary N) is 1. The van der Waals surface area contributed by atoms with Crippen molar-refractivity contribution in [2.24, 2.45) is 0 Å². The summed E-state index contributed by atoms with van der Waals surface area (Å²) in [6.07, 6.45) is 0. The highest BCUT2D eigenvalue weighted by atomic mass is 35.5. The fourth-order valence-electron chi connectivity index (χ4n) is 1.70. The first kappa shape index (κ1) is 18.3. The molecule has 2 aromatic rings.